The molecule has 1 unspecified atom stereocenters. The fourth-order valence-corrected chi connectivity index (χ4v) is 2.62. The van der Waals surface area contributed by atoms with E-state index in [0.29, 0.717) is 6.54 Å². The SMILES string of the molecule is Cn1cnnc1C1CCCN(C(=O)[C@H](N)C(C)(C)C)C1. The molecule has 1 saturated heterocycles. The monoisotopic (exact) mass is 279 g/mol. The van der Waals surface area contributed by atoms with Gasteiger partial charge in [0.2, 0.25) is 5.91 Å². The third-order valence-electron chi connectivity index (χ3n) is 4.04. The van der Waals surface area contributed by atoms with Gasteiger partial charge in [-0.3, -0.25) is 4.79 Å². The normalized spacial score (nSPS) is 21.9. The van der Waals surface area contributed by atoms with Crippen LogP contribution in [-0.4, -0.2) is 44.7 Å². The van der Waals surface area contributed by atoms with Gasteiger partial charge in [-0.1, -0.05) is 20.8 Å². The van der Waals surface area contributed by atoms with Crippen LogP contribution in [0.4, 0.5) is 0 Å². The summed E-state index contributed by atoms with van der Waals surface area (Å²) >= 11 is 0. The minimum absolute atomic E-state index is 0.0457. The van der Waals surface area contributed by atoms with E-state index in [4.69, 9.17) is 5.73 Å². The van der Waals surface area contributed by atoms with Crippen molar-refractivity contribution in [2.45, 2.75) is 45.6 Å². The number of amides is 1. The van der Waals surface area contributed by atoms with Crippen molar-refractivity contribution in [1.82, 2.24) is 19.7 Å². The van der Waals surface area contributed by atoms with Gasteiger partial charge in [0.05, 0.1) is 6.04 Å². The van der Waals surface area contributed by atoms with Crippen molar-refractivity contribution < 1.29 is 4.79 Å². The quantitative estimate of drug-likeness (QED) is 0.872. The summed E-state index contributed by atoms with van der Waals surface area (Å²) in [6.07, 6.45) is 3.73. The van der Waals surface area contributed by atoms with E-state index in [2.05, 4.69) is 10.2 Å². The van der Waals surface area contributed by atoms with Gasteiger partial charge < -0.3 is 15.2 Å². The molecular formula is C14H25N5O. The van der Waals surface area contributed by atoms with Gasteiger partial charge in [0.25, 0.3) is 0 Å². The fourth-order valence-electron chi connectivity index (χ4n) is 2.62. The van der Waals surface area contributed by atoms with Gasteiger partial charge in [0.1, 0.15) is 12.2 Å². The molecule has 1 aromatic rings. The highest BCUT2D eigenvalue weighted by Crippen LogP contribution is 2.27. The van der Waals surface area contributed by atoms with Crippen LogP contribution in [0.2, 0.25) is 0 Å². The zero-order valence-electron chi connectivity index (χ0n) is 12.8. The number of rotatable bonds is 2. The van der Waals surface area contributed by atoms with Crippen LogP contribution in [-0.2, 0) is 11.8 Å². The Morgan fingerprint density at radius 3 is 2.75 bits per heavy atom. The Labute approximate surface area is 120 Å². The van der Waals surface area contributed by atoms with Gasteiger partial charge in [-0.25, -0.2) is 0 Å². The summed E-state index contributed by atoms with van der Waals surface area (Å²) < 4.78 is 1.93. The fraction of sp³-hybridized carbons (Fsp3) is 0.786. The van der Waals surface area contributed by atoms with Crippen LogP contribution in [0, 0.1) is 5.41 Å². The van der Waals surface area contributed by atoms with E-state index in [-0.39, 0.29) is 17.2 Å². The number of carbonyl (C=O) groups is 1. The average Bonchev–Trinajstić information content (AvgIpc) is 2.82. The van der Waals surface area contributed by atoms with Gasteiger partial charge in [0.15, 0.2) is 0 Å². The first-order valence-corrected chi connectivity index (χ1v) is 7.19. The number of carbonyl (C=O) groups excluding carboxylic acids is 1. The van der Waals surface area contributed by atoms with E-state index in [0.717, 1.165) is 25.2 Å². The first kappa shape index (κ1) is 15.0. The first-order chi connectivity index (χ1) is 9.30. The summed E-state index contributed by atoms with van der Waals surface area (Å²) in [6, 6.07) is -0.458. The Kier molecular flexibility index (Phi) is 4.13. The van der Waals surface area contributed by atoms with Crippen molar-refractivity contribution in [3.05, 3.63) is 12.2 Å². The summed E-state index contributed by atoms with van der Waals surface area (Å²) in [5.74, 6) is 1.25. The number of hydrogen-bond acceptors (Lipinski definition) is 4. The number of nitrogens with two attached hydrogens (primary N) is 1. The molecule has 2 heterocycles. The van der Waals surface area contributed by atoms with E-state index in [9.17, 15) is 4.79 Å². The number of aryl methyl sites for hydroxylation is 1. The van der Waals surface area contributed by atoms with E-state index in [1.54, 1.807) is 6.33 Å². The molecule has 6 nitrogen and oxygen atoms in total. The second-order valence-corrected chi connectivity index (χ2v) is 6.77. The van der Waals surface area contributed by atoms with E-state index >= 15 is 0 Å². The van der Waals surface area contributed by atoms with Crippen molar-refractivity contribution in [2.75, 3.05) is 13.1 Å². The highest BCUT2D eigenvalue weighted by atomic mass is 16.2. The molecule has 112 valence electrons. The molecule has 0 aromatic carbocycles. The second-order valence-electron chi connectivity index (χ2n) is 6.77. The number of aromatic nitrogens is 3. The smallest absolute Gasteiger partial charge is 0.240 e. The Morgan fingerprint density at radius 1 is 1.50 bits per heavy atom. The molecular weight excluding hydrogens is 254 g/mol. The van der Waals surface area contributed by atoms with Gasteiger partial charge in [-0.15, -0.1) is 10.2 Å². The van der Waals surface area contributed by atoms with Crippen molar-refractivity contribution in [3.8, 4) is 0 Å². The summed E-state index contributed by atoms with van der Waals surface area (Å²) in [5.41, 5.74) is 5.88. The maximum Gasteiger partial charge on any atom is 0.240 e. The highest BCUT2D eigenvalue weighted by Gasteiger charge is 2.34. The molecule has 1 fully saturated rings. The Hall–Kier alpha value is -1.43. The first-order valence-electron chi connectivity index (χ1n) is 7.19. The highest BCUT2D eigenvalue weighted by molar-refractivity contribution is 5.82. The Bertz CT molecular complexity index is 476. The van der Waals surface area contributed by atoms with Crippen LogP contribution >= 0.6 is 0 Å². The molecule has 1 aromatic heterocycles. The molecule has 6 heteroatoms. The molecule has 1 aliphatic heterocycles. The van der Waals surface area contributed by atoms with Crippen LogP contribution in [0.15, 0.2) is 6.33 Å². The molecule has 20 heavy (non-hydrogen) atoms. The standard InChI is InChI=1S/C14H25N5O/c1-14(2,3)11(15)13(20)19-7-5-6-10(8-19)12-17-16-9-18(12)4/h9-11H,5-8,15H2,1-4H3/t10?,11-/m0/s1. The van der Waals surface area contributed by atoms with Gasteiger partial charge in [-0.05, 0) is 18.3 Å². The minimum Gasteiger partial charge on any atom is -0.341 e. The molecule has 1 amide bonds. The molecule has 2 atom stereocenters. The molecule has 0 saturated carbocycles. The Morgan fingerprint density at radius 2 is 2.20 bits per heavy atom. The largest absolute Gasteiger partial charge is 0.341 e. The van der Waals surface area contributed by atoms with Crippen molar-refractivity contribution in [3.63, 3.8) is 0 Å². The third kappa shape index (κ3) is 3.00. The zero-order valence-corrected chi connectivity index (χ0v) is 12.8. The van der Waals surface area contributed by atoms with Crippen molar-refractivity contribution in [2.24, 2.45) is 18.2 Å². The molecule has 0 bridgehead atoms. The Balaban J connectivity index is 2.08. The van der Waals surface area contributed by atoms with E-state index in [1.807, 2.05) is 37.3 Å². The number of likely N-dealkylation sites (tertiary alicyclic amines) is 1. The topological polar surface area (TPSA) is 77.0 Å². The van der Waals surface area contributed by atoms with E-state index in [1.165, 1.54) is 0 Å². The summed E-state index contributed by atoms with van der Waals surface area (Å²) in [7, 11) is 1.94. The molecule has 1 aliphatic rings. The van der Waals surface area contributed by atoms with Crippen LogP contribution in [0.3, 0.4) is 0 Å². The lowest BCUT2D eigenvalue weighted by molar-refractivity contribution is -0.136. The number of piperidine rings is 1. The predicted molar refractivity (Wildman–Crippen MR) is 77.0 cm³/mol. The van der Waals surface area contributed by atoms with Crippen LogP contribution in [0.1, 0.15) is 45.4 Å². The van der Waals surface area contributed by atoms with Crippen LogP contribution in [0.5, 0.6) is 0 Å². The third-order valence-corrected chi connectivity index (χ3v) is 4.04. The molecule has 2 N–H and O–H groups in total. The lowest BCUT2D eigenvalue weighted by Gasteiger charge is -2.36. The van der Waals surface area contributed by atoms with Crippen molar-refractivity contribution >= 4 is 5.91 Å². The summed E-state index contributed by atoms with van der Waals surface area (Å²) in [5, 5.41) is 8.10. The maximum absolute atomic E-state index is 12.5. The molecule has 2 rings (SSSR count). The van der Waals surface area contributed by atoms with Crippen LogP contribution < -0.4 is 5.73 Å². The maximum atomic E-state index is 12.5. The van der Waals surface area contributed by atoms with E-state index < -0.39 is 6.04 Å². The van der Waals surface area contributed by atoms with Gasteiger partial charge in [-0.2, -0.15) is 0 Å². The number of hydrogen-bond donors (Lipinski definition) is 1. The van der Waals surface area contributed by atoms with Crippen LogP contribution in [0.25, 0.3) is 0 Å². The second kappa shape index (κ2) is 5.52. The van der Waals surface area contributed by atoms with Gasteiger partial charge >= 0.3 is 0 Å². The summed E-state index contributed by atoms with van der Waals surface area (Å²) in [4.78, 5) is 14.4. The molecule has 0 radical (unpaired) electrons. The number of nitrogens with zero attached hydrogens (tertiary/aromatic N) is 4. The van der Waals surface area contributed by atoms with Crippen molar-refractivity contribution in [1.29, 1.82) is 0 Å². The average molecular weight is 279 g/mol. The predicted octanol–water partition coefficient (Wildman–Crippen LogP) is 0.894. The minimum atomic E-state index is -0.458. The molecule has 0 spiro atoms. The lowest BCUT2D eigenvalue weighted by Crippen LogP contribution is -2.52. The lowest BCUT2D eigenvalue weighted by atomic mass is 9.85. The summed E-state index contributed by atoms with van der Waals surface area (Å²) in [6.45, 7) is 7.48. The van der Waals surface area contributed by atoms with Gasteiger partial charge in [0, 0.05) is 26.1 Å². The molecule has 0 aliphatic carbocycles. The zero-order chi connectivity index (χ0) is 14.9.